The molecule has 0 aliphatic heterocycles. The van der Waals surface area contributed by atoms with Crippen LogP contribution in [0.2, 0.25) is 0 Å². The van der Waals surface area contributed by atoms with Gasteiger partial charge in [-0.2, -0.15) is 11.3 Å². The average Bonchev–Trinajstić information content (AvgIpc) is 2.91. The van der Waals surface area contributed by atoms with E-state index in [1.165, 1.54) is 30.7 Å². The molecular weight excluding hydrogens is 304 g/mol. The Labute approximate surface area is 132 Å². The Morgan fingerprint density at radius 1 is 1.14 bits per heavy atom. The van der Waals surface area contributed by atoms with Crippen LogP contribution in [0, 0.1) is 6.92 Å². The Morgan fingerprint density at radius 2 is 1.68 bits per heavy atom. The Kier molecular flexibility index (Phi) is 6.75. The fourth-order valence-electron chi connectivity index (χ4n) is 1.85. The lowest BCUT2D eigenvalue weighted by Crippen LogP contribution is -2.06. The first-order valence-corrected chi connectivity index (χ1v) is 7.52. The smallest absolute Gasteiger partial charge is 0.335 e. The molecule has 118 valence electrons. The van der Waals surface area contributed by atoms with E-state index in [1.54, 1.807) is 18.3 Å². The zero-order chi connectivity index (χ0) is 16.7. The van der Waals surface area contributed by atoms with E-state index in [9.17, 15) is 9.59 Å². The second kappa shape index (κ2) is 8.31. The van der Waals surface area contributed by atoms with Gasteiger partial charge >= 0.3 is 11.9 Å². The van der Waals surface area contributed by atoms with Crippen LogP contribution in [0.5, 0.6) is 0 Å². The highest BCUT2D eigenvalue weighted by Gasteiger charge is 2.13. The highest BCUT2D eigenvalue weighted by atomic mass is 32.1. The zero-order valence-electron chi connectivity index (χ0n) is 12.3. The number of thiophene rings is 1. The van der Waals surface area contributed by atoms with Crippen LogP contribution < -0.4 is 0 Å². The van der Waals surface area contributed by atoms with Crippen molar-refractivity contribution in [2.45, 2.75) is 26.4 Å². The summed E-state index contributed by atoms with van der Waals surface area (Å²) in [7, 11) is 0. The molecular formula is C16H18O5S. The third-order valence-corrected chi connectivity index (χ3v) is 3.64. The van der Waals surface area contributed by atoms with Crippen LogP contribution in [-0.2, 0) is 6.42 Å². The molecule has 1 aromatic heterocycles. The highest BCUT2D eigenvalue weighted by Crippen LogP contribution is 2.13. The molecule has 5 nitrogen and oxygen atoms in total. The maximum absolute atomic E-state index is 10.6. The van der Waals surface area contributed by atoms with E-state index >= 15 is 0 Å². The summed E-state index contributed by atoms with van der Waals surface area (Å²) in [5.41, 5.74) is 1.57. The van der Waals surface area contributed by atoms with Gasteiger partial charge in [0.05, 0.1) is 17.2 Å². The predicted molar refractivity (Wildman–Crippen MR) is 84.8 cm³/mol. The fourth-order valence-corrected chi connectivity index (χ4v) is 2.53. The van der Waals surface area contributed by atoms with Crippen LogP contribution in [0.1, 0.15) is 38.8 Å². The second-order valence-corrected chi connectivity index (χ2v) is 5.55. The standard InChI is InChI=1S/C9H8O4.C7H10OS/c1-5-6(8(10)11)3-2-4-7(5)9(12)13;1-6(8)4-7-2-3-9-5-7/h2-4H,1H3,(H,10,11)(H,12,13);2-3,5-6,8H,4H2,1H3. The molecule has 1 atom stereocenters. The molecule has 0 fully saturated rings. The van der Waals surface area contributed by atoms with Gasteiger partial charge in [-0.1, -0.05) is 6.07 Å². The minimum absolute atomic E-state index is 0.0277. The minimum Gasteiger partial charge on any atom is -0.478 e. The lowest BCUT2D eigenvalue weighted by Gasteiger charge is -2.03. The van der Waals surface area contributed by atoms with E-state index < -0.39 is 11.9 Å². The van der Waals surface area contributed by atoms with E-state index in [0.29, 0.717) is 0 Å². The van der Waals surface area contributed by atoms with Gasteiger partial charge in [0, 0.05) is 0 Å². The normalized spacial score (nSPS) is 11.2. The summed E-state index contributed by atoms with van der Waals surface area (Å²) in [6.45, 7) is 3.28. The van der Waals surface area contributed by atoms with Crippen LogP contribution in [0.4, 0.5) is 0 Å². The van der Waals surface area contributed by atoms with Gasteiger partial charge in [0.15, 0.2) is 0 Å². The van der Waals surface area contributed by atoms with Gasteiger partial charge in [-0.05, 0) is 60.4 Å². The molecule has 0 spiro atoms. The number of aliphatic hydroxyl groups excluding tert-OH is 1. The summed E-state index contributed by atoms with van der Waals surface area (Å²) in [6.07, 6.45) is 0.573. The Bertz CT molecular complexity index is 600. The topological polar surface area (TPSA) is 94.8 Å². The van der Waals surface area contributed by atoms with Crippen LogP contribution >= 0.6 is 11.3 Å². The Hall–Kier alpha value is -2.18. The number of hydrogen-bond donors (Lipinski definition) is 3. The molecule has 22 heavy (non-hydrogen) atoms. The van der Waals surface area contributed by atoms with E-state index in [0.717, 1.165) is 6.42 Å². The summed E-state index contributed by atoms with van der Waals surface area (Å²) < 4.78 is 0. The second-order valence-electron chi connectivity index (χ2n) is 4.77. The summed E-state index contributed by atoms with van der Waals surface area (Å²) in [5.74, 6) is -2.22. The van der Waals surface area contributed by atoms with Crippen molar-refractivity contribution in [2.75, 3.05) is 0 Å². The van der Waals surface area contributed by atoms with Crippen molar-refractivity contribution in [3.8, 4) is 0 Å². The van der Waals surface area contributed by atoms with Crippen molar-refractivity contribution in [3.63, 3.8) is 0 Å². The van der Waals surface area contributed by atoms with Gasteiger partial charge in [0.2, 0.25) is 0 Å². The van der Waals surface area contributed by atoms with E-state index in [-0.39, 0.29) is 22.8 Å². The van der Waals surface area contributed by atoms with Crippen molar-refractivity contribution in [1.82, 2.24) is 0 Å². The number of carboxylic acids is 2. The summed E-state index contributed by atoms with van der Waals surface area (Å²) in [4.78, 5) is 21.2. The van der Waals surface area contributed by atoms with Crippen LogP contribution in [0.15, 0.2) is 35.0 Å². The highest BCUT2D eigenvalue weighted by molar-refractivity contribution is 7.07. The SMILES string of the molecule is CC(O)Cc1ccsc1.Cc1c(C(=O)O)cccc1C(=O)O. The molecule has 0 aliphatic rings. The molecule has 2 rings (SSSR count). The van der Waals surface area contributed by atoms with Crippen LogP contribution in [0.25, 0.3) is 0 Å². The van der Waals surface area contributed by atoms with Crippen molar-refractivity contribution < 1.29 is 24.9 Å². The maximum atomic E-state index is 10.6. The fraction of sp³-hybridized carbons (Fsp3) is 0.250. The maximum Gasteiger partial charge on any atom is 0.335 e. The monoisotopic (exact) mass is 322 g/mol. The van der Waals surface area contributed by atoms with Crippen molar-refractivity contribution in [1.29, 1.82) is 0 Å². The zero-order valence-corrected chi connectivity index (χ0v) is 13.1. The molecule has 0 radical (unpaired) electrons. The molecule has 0 saturated heterocycles. The van der Waals surface area contributed by atoms with Gasteiger partial charge in [-0.25, -0.2) is 9.59 Å². The number of rotatable bonds is 4. The summed E-state index contributed by atoms with van der Waals surface area (Å²) >= 11 is 1.67. The summed E-state index contributed by atoms with van der Waals surface area (Å²) in [6, 6.07) is 6.21. The van der Waals surface area contributed by atoms with Crippen molar-refractivity contribution in [2.24, 2.45) is 0 Å². The van der Waals surface area contributed by atoms with E-state index in [2.05, 4.69) is 5.38 Å². The Morgan fingerprint density at radius 3 is 2.05 bits per heavy atom. The molecule has 0 saturated carbocycles. The van der Waals surface area contributed by atoms with Gasteiger partial charge in [0.1, 0.15) is 0 Å². The first-order chi connectivity index (χ1) is 10.3. The number of aromatic carboxylic acids is 2. The lowest BCUT2D eigenvalue weighted by atomic mass is 10.0. The van der Waals surface area contributed by atoms with Crippen molar-refractivity contribution in [3.05, 3.63) is 57.3 Å². The first kappa shape index (κ1) is 17.9. The number of aliphatic hydroxyl groups is 1. The van der Waals surface area contributed by atoms with Gasteiger partial charge in [0.25, 0.3) is 0 Å². The van der Waals surface area contributed by atoms with Crippen LogP contribution in [0.3, 0.4) is 0 Å². The minimum atomic E-state index is -1.11. The third-order valence-electron chi connectivity index (χ3n) is 2.91. The summed E-state index contributed by atoms with van der Waals surface area (Å²) in [5, 5.41) is 30.4. The van der Waals surface area contributed by atoms with E-state index in [1.807, 2.05) is 11.4 Å². The van der Waals surface area contributed by atoms with Crippen molar-refractivity contribution >= 4 is 23.3 Å². The molecule has 0 bridgehead atoms. The molecule has 3 N–H and O–H groups in total. The number of carbonyl (C=O) groups is 2. The largest absolute Gasteiger partial charge is 0.478 e. The average molecular weight is 322 g/mol. The molecule has 1 unspecified atom stereocenters. The number of benzene rings is 1. The Balaban J connectivity index is 0.000000235. The molecule has 1 aromatic carbocycles. The lowest BCUT2D eigenvalue weighted by molar-refractivity contribution is 0.0696. The molecule has 2 aromatic rings. The molecule has 1 heterocycles. The van der Waals surface area contributed by atoms with Gasteiger partial charge in [-0.15, -0.1) is 0 Å². The number of hydrogen-bond acceptors (Lipinski definition) is 4. The first-order valence-electron chi connectivity index (χ1n) is 6.58. The molecule has 6 heteroatoms. The quantitative estimate of drug-likeness (QED) is 0.804. The molecule has 0 aliphatic carbocycles. The number of carboxylic acid groups (broad SMARTS) is 2. The molecule has 0 amide bonds. The van der Waals surface area contributed by atoms with E-state index in [4.69, 9.17) is 15.3 Å². The third kappa shape index (κ3) is 5.31. The van der Waals surface area contributed by atoms with Gasteiger partial charge in [-0.3, -0.25) is 0 Å². The predicted octanol–water partition coefficient (Wildman–Crippen LogP) is 3.06. The van der Waals surface area contributed by atoms with Crippen LogP contribution in [-0.4, -0.2) is 33.4 Å². The van der Waals surface area contributed by atoms with Gasteiger partial charge < -0.3 is 15.3 Å².